The fourth-order valence-electron chi connectivity index (χ4n) is 4.41. The molecule has 2 atom stereocenters. The lowest BCUT2D eigenvalue weighted by Gasteiger charge is -2.46. The highest BCUT2D eigenvalue weighted by atomic mass is 19.1. The summed E-state index contributed by atoms with van der Waals surface area (Å²) in [4.78, 5) is 26.5. The normalized spacial score (nSPS) is 25.8. The van der Waals surface area contributed by atoms with Gasteiger partial charge in [0.05, 0.1) is 5.56 Å². The van der Waals surface area contributed by atoms with E-state index in [-0.39, 0.29) is 22.9 Å². The van der Waals surface area contributed by atoms with Crippen LogP contribution < -0.4 is 5.32 Å². The van der Waals surface area contributed by atoms with Gasteiger partial charge in [-0.3, -0.25) is 9.59 Å². The highest BCUT2D eigenvalue weighted by Crippen LogP contribution is 2.47. The Kier molecular flexibility index (Phi) is 5.06. The average molecular weight is 350 g/mol. The van der Waals surface area contributed by atoms with Crippen LogP contribution in [0.2, 0.25) is 0 Å². The van der Waals surface area contributed by atoms with Crippen molar-refractivity contribution < 1.29 is 18.4 Å². The summed E-state index contributed by atoms with van der Waals surface area (Å²) in [5.41, 5.74) is -0.425. The molecule has 6 heteroatoms. The summed E-state index contributed by atoms with van der Waals surface area (Å²) in [6, 6.07) is 3.00. The first-order valence-electron chi connectivity index (χ1n) is 8.99. The maximum absolute atomic E-state index is 13.8. The first kappa shape index (κ1) is 17.8. The molecule has 1 aromatic rings. The number of carbonyl (C=O) groups excluding carboxylic acids is 2. The van der Waals surface area contributed by atoms with E-state index in [0.717, 1.165) is 56.8 Å². The van der Waals surface area contributed by atoms with Gasteiger partial charge in [0, 0.05) is 31.0 Å². The molecule has 1 saturated carbocycles. The fraction of sp³-hybridized carbons (Fsp3) is 0.579. The summed E-state index contributed by atoms with van der Waals surface area (Å²) in [5, 5.41) is 2.79. The molecule has 1 heterocycles. The van der Waals surface area contributed by atoms with Crippen LogP contribution in [0, 0.1) is 17.0 Å². The van der Waals surface area contributed by atoms with Gasteiger partial charge in [-0.1, -0.05) is 13.3 Å². The molecule has 1 aliphatic carbocycles. The molecule has 1 aromatic carbocycles. The van der Waals surface area contributed by atoms with Crippen molar-refractivity contribution in [2.75, 3.05) is 13.1 Å². The van der Waals surface area contributed by atoms with E-state index in [2.05, 4.69) is 5.32 Å². The maximum atomic E-state index is 13.8. The van der Waals surface area contributed by atoms with Gasteiger partial charge < -0.3 is 10.2 Å². The first-order valence-corrected chi connectivity index (χ1v) is 8.99. The number of hydrogen-bond donors (Lipinski definition) is 1. The SMILES string of the molecule is CCCN1C(=O)CC[C@]2(CNC(=O)c3cc(F)ccc3F)CCC[C@@H]12. The van der Waals surface area contributed by atoms with Crippen LogP contribution in [0.3, 0.4) is 0 Å². The summed E-state index contributed by atoms with van der Waals surface area (Å²) >= 11 is 0. The van der Waals surface area contributed by atoms with E-state index in [0.29, 0.717) is 13.0 Å². The number of fused-ring (bicyclic) bond motifs is 1. The number of carbonyl (C=O) groups is 2. The maximum Gasteiger partial charge on any atom is 0.254 e. The Labute approximate surface area is 146 Å². The van der Waals surface area contributed by atoms with Crippen molar-refractivity contribution in [3.8, 4) is 0 Å². The van der Waals surface area contributed by atoms with Gasteiger partial charge in [-0.2, -0.15) is 0 Å². The van der Waals surface area contributed by atoms with Crippen molar-refractivity contribution in [1.29, 1.82) is 0 Å². The summed E-state index contributed by atoms with van der Waals surface area (Å²) in [5.74, 6) is -1.78. The van der Waals surface area contributed by atoms with Crippen LogP contribution in [0.15, 0.2) is 18.2 Å². The van der Waals surface area contributed by atoms with E-state index in [1.807, 2.05) is 11.8 Å². The lowest BCUT2D eigenvalue weighted by Crippen LogP contribution is -2.56. The molecule has 136 valence electrons. The molecular formula is C19H24F2N2O2. The van der Waals surface area contributed by atoms with Gasteiger partial charge in [-0.15, -0.1) is 0 Å². The Morgan fingerprint density at radius 3 is 2.92 bits per heavy atom. The van der Waals surface area contributed by atoms with E-state index in [9.17, 15) is 18.4 Å². The minimum atomic E-state index is -0.731. The number of nitrogens with one attached hydrogen (secondary N) is 1. The first-order chi connectivity index (χ1) is 12.0. The molecule has 0 radical (unpaired) electrons. The Hall–Kier alpha value is -1.98. The van der Waals surface area contributed by atoms with E-state index >= 15 is 0 Å². The van der Waals surface area contributed by atoms with Gasteiger partial charge in [0.2, 0.25) is 5.91 Å². The molecule has 3 rings (SSSR count). The van der Waals surface area contributed by atoms with E-state index < -0.39 is 17.5 Å². The molecule has 0 unspecified atom stereocenters. The van der Waals surface area contributed by atoms with Crippen LogP contribution in [0.1, 0.15) is 55.8 Å². The predicted molar refractivity (Wildman–Crippen MR) is 90.0 cm³/mol. The molecule has 2 aliphatic rings. The highest BCUT2D eigenvalue weighted by Gasteiger charge is 2.49. The predicted octanol–water partition coefficient (Wildman–Crippen LogP) is 3.27. The monoisotopic (exact) mass is 350 g/mol. The summed E-state index contributed by atoms with van der Waals surface area (Å²) in [6.07, 6.45) is 5.03. The molecule has 25 heavy (non-hydrogen) atoms. The van der Waals surface area contributed by atoms with Crippen molar-refractivity contribution in [3.63, 3.8) is 0 Å². The molecule has 2 amide bonds. The number of rotatable bonds is 5. The van der Waals surface area contributed by atoms with Gasteiger partial charge in [0.1, 0.15) is 11.6 Å². The Morgan fingerprint density at radius 2 is 2.16 bits per heavy atom. The topological polar surface area (TPSA) is 49.4 Å². The van der Waals surface area contributed by atoms with Gasteiger partial charge >= 0.3 is 0 Å². The van der Waals surface area contributed by atoms with Crippen molar-refractivity contribution in [2.45, 2.75) is 51.5 Å². The number of hydrogen-bond acceptors (Lipinski definition) is 2. The zero-order valence-electron chi connectivity index (χ0n) is 14.5. The van der Waals surface area contributed by atoms with Crippen molar-refractivity contribution in [2.24, 2.45) is 5.41 Å². The molecule has 1 N–H and O–H groups in total. The molecule has 0 spiro atoms. The lowest BCUT2D eigenvalue weighted by molar-refractivity contribution is -0.141. The number of likely N-dealkylation sites (tertiary alicyclic amines) is 1. The van der Waals surface area contributed by atoms with Crippen molar-refractivity contribution in [3.05, 3.63) is 35.4 Å². The second-order valence-corrected chi connectivity index (χ2v) is 7.16. The largest absolute Gasteiger partial charge is 0.351 e. The number of amides is 2. The molecule has 4 nitrogen and oxygen atoms in total. The van der Waals surface area contributed by atoms with Crippen LogP contribution in [0.4, 0.5) is 8.78 Å². The zero-order valence-corrected chi connectivity index (χ0v) is 14.5. The van der Waals surface area contributed by atoms with Gasteiger partial charge in [0.15, 0.2) is 0 Å². The van der Waals surface area contributed by atoms with E-state index in [1.165, 1.54) is 0 Å². The zero-order chi connectivity index (χ0) is 18.0. The number of halogens is 2. The summed E-state index contributed by atoms with van der Waals surface area (Å²) in [6.45, 7) is 3.17. The minimum absolute atomic E-state index is 0.131. The molecule has 1 aliphatic heterocycles. The molecular weight excluding hydrogens is 326 g/mol. The standard InChI is InChI=1S/C19H24F2N2O2/c1-2-10-23-16-4-3-8-19(16,9-7-17(23)24)12-22-18(25)14-11-13(20)5-6-15(14)21/h5-6,11,16H,2-4,7-10,12H2,1H3,(H,22,25)/t16-,19+/m1/s1. The van der Waals surface area contributed by atoms with Crippen LogP contribution in [0.25, 0.3) is 0 Å². The van der Waals surface area contributed by atoms with Gasteiger partial charge in [0.25, 0.3) is 5.91 Å². The van der Waals surface area contributed by atoms with Crippen molar-refractivity contribution in [1.82, 2.24) is 10.2 Å². The minimum Gasteiger partial charge on any atom is -0.351 e. The van der Waals surface area contributed by atoms with Crippen LogP contribution in [-0.4, -0.2) is 35.8 Å². The van der Waals surface area contributed by atoms with Crippen LogP contribution in [-0.2, 0) is 4.79 Å². The molecule has 1 saturated heterocycles. The van der Waals surface area contributed by atoms with E-state index in [1.54, 1.807) is 0 Å². The highest BCUT2D eigenvalue weighted by molar-refractivity contribution is 5.94. The third-order valence-electron chi connectivity index (χ3n) is 5.63. The Morgan fingerprint density at radius 1 is 1.36 bits per heavy atom. The quantitative estimate of drug-likeness (QED) is 0.886. The average Bonchev–Trinajstić information content (AvgIpc) is 3.02. The van der Waals surface area contributed by atoms with Gasteiger partial charge in [-0.25, -0.2) is 8.78 Å². The molecule has 2 fully saturated rings. The summed E-state index contributed by atoms with van der Waals surface area (Å²) in [7, 11) is 0. The third kappa shape index (κ3) is 3.39. The Bertz CT molecular complexity index is 679. The summed E-state index contributed by atoms with van der Waals surface area (Å²) < 4.78 is 27.1. The Balaban J connectivity index is 1.74. The number of benzene rings is 1. The van der Waals surface area contributed by atoms with Crippen LogP contribution >= 0.6 is 0 Å². The fourth-order valence-corrected chi connectivity index (χ4v) is 4.41. The third-order valence-corrected chi connectivity index (χ3v) is 5.63. The second kappa shape index (κ2) is 7.10. The number of nitrogens with zero attached hydrogens (tertiary/aromatic N) is 1. The van der Waals surface area contributed by atoms with Crippen LogP contribution in [0.5, 0.6) is 0 Å². The molecule has 0 bridgehead atoms. The smallest absolute Gasteiger partial charge is 0.254 e. The second-order valence-electron chi connectivity index (χ2n) is 7.16. The van der Waals surface area contributed by atoms with Gasteiger partial charge in [-0.05, 0) is 43.9 Å². The van der Waals surface area contributed by atoms with Crippen molar-refractivity contribution >= 4 is 11.8 Å². The number of piperidine rings is 1. The molecule has 0 aromatic heterocycles. The lowest BCUT2D eigenvalue weighted by atomic mass is 9.74. The van der Waals surface area contributed by atoms with E-state index in [4.69, 9.17) is 0 Å².